The smallest absolute Gasteiger partial charge is 0.124 e. The van der Waals surface area contributed by atoms with Crippen molar-refractivity contribution in [2.45, 2.75) is 31.8 Å². The van der Waals surface area contributed by atoms with Crippen LogP contribution in [0.5, 0.6) is 5.75 Å². The van der Waals surface area contributed by atoms with Gasteiger partial charge in [-0.05, 0) is 18.4 Å². The molecule has 0 aliphatic carbocycles. The van der Waals surface area contributed by atoms with Crippen molar-refractivity contribution in [3.63, 3.8) is 0 Å². The zero-order valence-electron chi connectivity index (χ0n) is 11.0. The molecule has 2 N–H and O–H groups in total. The maximum absolute atomic E-state index is 6.17. The first-order chi connectivity index (χ1) is 8.74. The van der Waals surface area contributed by atoms with Crippen molar-refractivity contribution in [1.29, 1.82) is 0 Å². The normalized spacial score (nSPS) is 32.7. The summed E-state index contributed by atoms with van der Waals surface area (Å²) in [4.78, 5) is 2.56. The van der Waals surface area contributed by atoms with Crippen molar-refractivity contribution >= 4 is 0 Å². The zero-order valence-corrected chi connectivity index (χ0v) is 11.0. The topological polar surface area (TPSA) is 38.5 Å². The van der Waals surface area contributed by atoms with Gasteiger partial charge in [0, 0.05) is 37.2 Å². The molecule has 3 unspecified atom stereocenters. The minimum Gasteiger partial charge on any atom is -0.493 e. The van der Waals surface area contributed by atoms with Crippen LogP contribution in [0.3, 0.4) is 0 Å². The maximum Gasteiger partial charge on any atom is 0.124 e. The van der Waals surface area contributed by atoms with Gasteiger partial charge in [0.25, 0.3) is 0 Å². The van der Waals surface area contributed by atoms with Crippen LogP contribution in [0.4, 0.5) is 0 Å². The highest BCUT2D eigenvalue weighted by Gasteiger charge is 2.31. The van der Waals surface area contributed by atoms with Crippen LogP contribution in [0, 0.1) is 5.92 Å². The number of hydrogen-bond acceptors (Lipinski definition) is 3. The summed E-state index contributed by atoms with van der Waals surface area (Å²) in [5.41, 5.74) is 7.51. The van der Waals surface area contributed by atoms with E-state index in [2.05, 4.69) is 30.0 Å². The summed E-state index contributed by atoms with van der Waals surface area (Å²) < 4.78 is 5.74. The van der Waals surface area contributed by atoms with E-state index in [1.54, 1.807) is 0 Å². The van der Waals surface area contributed by atoms with Crippen LogP contribution in [-0.2, 0) is 0 Å². The highest BCUT2D eigenvalue weighted by molar-refractivity contribution is 5.37. The van der Waals surface area contributed by atoms with Crippen molar-refractivity contribution in [2.24, 2.45) is 11.7 Å². The number of ether oxygens (including phenoxy) is 1. The highest BCUT2D eigenvalue weighted by atomic mass is 16.5. The van der Waals surface area contributed by atoms with Crippen molar-refractivity contribution in [3.8, 4) is 5.75 Å². The first-order valence-electron chi connectivity index (χ1n) is 6.95. The highest BCUT2D eigenvalue weighted by Crippen LogP contribution is 2.37. The number of para-hydroxylation sites is 1. The summed E-state index contributed by atoms with van der Waals surface area (Å²) in [5, 5.41) is 0. The lowest BCUT2D eigenvalue weighted by molar-refractivity contribution is 0.0862. The molecule has 0 amide bonds. The molecule has 0 spiro atoms. The van der Waals surface area contributed by atoms with Crippen LogP contribution in [0.15, 0.2) is 24.3 Å². The molecule has 0 aromatic heterocycles. The first-order valence-corrected chi connectivity index (χ1v) is 6.95. The summed E-state index contributed by atoms with van der Waals surface area (Å²) in [5.74, 6) is 1.75. The van der Waals surface area contributed by atoms with E-state index in [0.29, 0.717) is 18.0 Å². The first kappa shape index (κ1) is 12.0. The lowest BCUT2D eigenvalue weighted by atomic mass is 9.91. The van der Waals surface area contributed by atoms with E-state index in [1.807, 2.05) is 6.07 Å². The Morgan fingerprint density at radius 1 is 1.28 bits per heavy atom. The van der Waals surface area contributed by atoms with Crippen LogP contribution >= 0.6 is 0 Å². The van der Waals surface area contributed by atoms with E-state index in [1.165, 1.54) is 5.56 Å². The van der Waals surface area contributed by atoms with Gasteiger partial charge in [0.15, 0.2) is 0 Å². The van der Waals surface area contributed by atoms with Gasteiger partial charge in [-0.25, -0.2) is 0 Å². The predicted octanol–water partition coefficient (Wildman–Crippen LogP) is 2.18. The molecule has 3 nitrogen and oxygen atoms in total. The molecule has 0 bridgehead atoms. The Hall–Kier alpha value is -1.06. The fraction of sp³-hybridized carbons (Fsp3) is 0.600. The summed E-state index contributed by atoms with van der Waals surface area (Å²) >= 11 is 0. The molecular formula is C15H22N2O. The van der Waals surface area contributed by atoms with E-state index >= 15 is 0 Å². The quantitative estimate of drug-likeness (QED) is 0.825. The summed E-state index contributed by atoms with van der Waals surface area (Å²) in [6.45, 7) is 5.30. The fourth-order valence-electron chi connectivity index (χ4n) is 3.40. The molecule has 3 atom stereocenters. The van der Waals surface area contributed by atoms with Gasteiger partial charge in [-0.1, -0.05) is 25.1 Å². The molecule has 2 aliphatic heterocycles. The van der Waals surface area contributed by atoms with Gasteiger partial charge in [-0.3, -0.25) is 4.90 Å². The van der Waals surface area contributed by atoms with Crippen LogP contribution in [0.1, 0.15) is 31.4 Å². The summed E-state index contributed by atoms with van der Waals surface area (Å²) in [6, 6.07) is 9.24. The predicted molar refractivity (Wildman–Crippen MR) is 72.6 cm³/mol. The SMILES string of the molecule is CC1CC(N)CN(C2CCOc3ccccc32)C1. The number of nitrogens with two attached hydrogens (primary N) is 1. The number of hydrogen-bond donors (Lipinski definition) is 1. The van der Waals surface area contributed by atoms with E-state index in [0.717, 1.165) is 38.3 Å². The van der Waals surface area contributed by atoms with Crippen molar-refractivity contribution in [3.05, 3.63) is 29.8 Å². The third-order valence-electron chi connectivity index (χ3n) is 4.09. The molecule has 98 valence electrons. The van der Waals surface area contributed by atoms with Gasteiger partial charge in [0.05, 0.1) is 6.61 Å². The Balaban J connectivity index is 1.85. The lowest BCUT2D eigenvalue weighted by Crippen LogP contribution is -2.48. The number of rotatable bonds is 1. The van der Waals surface area contributed by atoms with Gasteiger partial charge in [-0.2, -0.15) is 0 Å². The van der Waals surface area contributed by atoms with Gasteiger partial charge in [0.1, 0.15) is 5.75 Å². The summed E-state index contributed by atoms with van der Waals surface area (Å²) in [6.07, 6.45) is 2.23. The van der Waals surface area contributed by atoms with E-state index in [4.69, 9.17) is 10.5 Å². The third kappa shape index (κ3) is 2.25. The molecule has 3 rings (SSSR count). The molecule has 1 aromatic carbocycles. The van der Waals surface area contributed by atoms with Crippen LogP contribution < -0.4 is 10.5 Å². The molecule has 1 fully saturated rings. The molecule has 3 heteroatoms. The van der Waals surface area contributed by atoms with Crippen LogP contribution in [0.25, 0.3) is 0 Å². The molecular weight excluding hydrogens is 224 g/mol. The molecule has 0 radical (unpaired) electrons. The zero-order chi connectivity index (χ0) is 12.5. The molecule has 1 saturated heterocycles. The van der Waals surface area contributed by atoms with Crippen molar-refractivity contribution < 1.29 is 4.74 Å². The Bertz CT molecular complexity index is 411. The number of piperidine rings is 1. The second-order valence-electron chi connectivity index (χ2n) is 5.75. The molecule has 2 heterocycles. The maximum atomic E-state index is 6.17. The number of fused-ring (bicyclic) bond motifs is 1. The van der Waals surface area contributed by atoms with E-state index in [-0.39, 0.29) is 0 Å². The summed E-state index contributed by atoms with van der Waals surface area (Å²) in [7, 11) is 0. The monoisotopic (exact) mass is 246 g/mol. The average Bonchev–Trinajstić information content (AvgIpc) is 2.37. The largest absolute Gasteiger partial charge is 0.493 e. The lowest BCUT2D eigenvalue weighted by Gasteiger charge is -2.42. The Morgan fingerprint density at radius 2 is 2.11 bits per heavy atom. The molecule has 0 saturated carbocycles. The van der Waals surface area contributed by atoms with Gasteiger partial charge >= 0.3 is 0 Å². The second-order valence-corrected chi connectivity index (χ2v) is 5.75. The van der Waals surface area contributed by atoms with E-state index in [9.17, 15) is 0 Å². The molecule has 1 aromatic rings. The fourth-order valence-corrected chi connectivity index (χ4v) is 3.40. The van der Waals surface area contributed by atoms with Crippen molar-refractivity contribution in [1.82, 2.24) is 4.90 Å². The number of nitrogens with zero attached hydrogens (tertiary/aromatic N) is 1. The van der Waals surface area contributed by atoms with Gasteiger partial charge < -0.3 is 10.5 Å². The second kappa shape index (κ2) is 4.90. The van der Waals surface area contributed by atoms with Crippen molar-refractivity contribution in [2.75, 3.05) is 19.7 Å². The standard InChI is InChI=1S/C15H22N2O/c1-11-8-12(16)10-17(9-11)14-6-7-18-15-5-3-2-4-13(14)15/h2-5,11-12,14H,6-10,16H2,1H3. The van der Waals surface area contributed by atoms with E-state index < -0.39 is 0 Å². The average molecular weight is 246 g/mol. The molecule has 18 heavy (non-hydrogen) atoms. The molecule has 2 aliphatic rings. The Kier molecular flexibility index (Phi) is 3.27. The van der Waals surface area contributed by atoms with Gasteiger partial charge in [-0.15, -0.1) is 0 Å². The minimum atomic E-state index is 0.323. The Labute approximate surface area is 109 Å². The van der Waals surface area contributed by atoms with Crippen LogP contribution in [-0.4, -0.2) is 30.6 Å². The minimum absolute atomic E-state index is 0.323. The third-order valence-corrected chi connectivity index (χ3v) is 4.09. The van der Waals surface area contributed by atoms with Gasteiger partial charge in [0.2, 0.25) is 0 Å². The number of likely N-dealkylation sites (tertiary alicyclic amines) is 1. The number of benzene rings is 1. The van der Waals surface area contributed by atoms with Crippen LogP contribution in [0.2, 0.25) is 0 Å². The Morgan fingerprint density at radius 3 is 2.94 bits per heavy atom.